The van der Waals surface area contributed by atoms with E-state index >= 15 is 0 Å². The third-order valence-electron chi connectivity index (χ3n) is 6.59. The molecule has 0 nitrogen and oxygen atoms in total. The van der Waals surface area contributed by atoms with Crippen molar-refractivity contribution in [2.45, 2.75) is 41.5 Å². The fourth-order valence-electron chi connectivity index (χ4n) is 5.33. The third-order valence-corrected chi connectivity index (χ3v) is 6.59. The van der Waals surface area contributed by atoms with Gasteiger partial charge in [0.2, 0.25) is 6.71 Å². The van der Waals surface area contributed by atoms with Gasteiger partial charge in [0.05, 0.1) is 0 Å². The summed E-state index contributed by atoms with van der Waals surface area (Å²) in [5, 5.41) is 0. The van der Waals surface area contributed by atoms with Gasteiger partial charge < -0.3 is 0 Å². The molecule has 0 radical (unpaired) electrons. The third kappa shape index (κ3) is 5.04. The number of benzene rings is 4. The molecule has 0 fully saturated rings. The zero-order valence-electron chi connectivity index (χ0n) is 20.7. The Labute approximate surface area is 200 Å². The average molecular weight is 428 g/mol. The molecule has 1 heteroatoms. The van der Waals surface area contributed by atoms with Crippen molar-refractivity contribution >= 4 is 35.3 Å². The largest absolute Gasteiger partial charge is 0.242 e. The highest BCUT2D eigenvalue weighted by atomic mass is 14.1. The minimum Gasteiger partial charge on any atom is -0.0686 e. The second-order valence-electron chi connectivity index (χ2n) is 9.47. The lowest BCUT2D eigenvalue weighted by Gasteiger charge is -2.24. The van der Waals surface area contributed by atoms with Crippen molar-refractivity contribution < 1.29 is 0 Å². The second-order valence-corrected chi connectivity index (χ2v) is 9.47. The number of aryl methyl sites for hydroxylation is 6. The quantitative estimate of drug-likeness (QED) is 0.261. The summed E-state index contributed by atoms with van der Waals surface area (Å²) in [5.41, 5.74) is 14.8. The molecule has 0 amide bonds. The van der Waals surface area contributed by atoms with Crippen LogP contribution in [0.1, 0.15) is 44.5 Å². The Hall–Kier alpha value is -3.32. The van der Waals surface area contributed by atoms with E-state index in [0.29, 0.717) is 0 Å². The number of hydrogen-bond acceptors (Lipinski definition) is 0. The van der Waals surface area contributed by atoms with E-state index < -0.39 is 0 Å². The van der Waals surface area contributed by atoms with Crippen LogP contribution in [-0.4, -0.2) is 6.71 Å². The normalized spacial score (nSPS) is 11.2. The van der Waals surface area contributed by atoms with Crippen molar-refractivity contribution in [3.63, 3.8) is 0 Å². The standard InChI is InChI=1S/C32H33B/c1-22-18-24(3)31(25(4)19-22)33(32-26(5)20-23(2)21-27(32)6)30-16-14-29(15-17-30)13-12-28-10-8-7-9-11-28/h7-21H,1-6H3/b13-12+. The second kappa shape index (κ2) is 9.67. The van der Waals surface area contributed by atoms with Crippen LogP contribution >= 0.6 is 0 Å². The molecule has 4 aromatic rings. The molecule has 0 unspecified atom stereocenters. The van der Waals surface area contributed by atoms with Crippen molar-refractivity contribution in [3.05, 3.63) is 123 Å². The van der Waals surface area contributed by atoms with Gasteiger partial charge in [0, 0.05) is 0 Å². The molecule has 33 heavy (non-hydrogen) atoms. The molecule has 0 spiro atoms. The molecule has 0 aliphatic rings. The predicted molar refractivity (Wildman–Crippen MR) is 148 cm³/mol. The Morgan fingerprint density at radius 1 is 0.485 bits per heavy atom. The van der Waals surface area contributed by atoms with Gasteiger partial charge in [-0.25, -0.2) is 0 Å². The Morgan fingerprint density at radius 2 is 0.879 bits per heavy atom. The summed E-state index contributed by atoms with van der Waals surface area (Å²) in [6.07, 6.45) is 4.37. The zero-order valence-corrected chi connectivity index (χ0v) is 20.7. The molecule has 0 bridgehead atoms. The molecule has 4 rings (SSSR count). The SMILES string of the molecule is Cc1cc(C)c(B(c2ccc(/C=C/c3ccccc3)cc2)c2c(C)cc(C)cc2C)c(C)c1. The van der Waals surface area contributed by atoms with Gasteiger partial charge in [-0.05, 0) is 52.7 Å². The first-order chi connectivity index (χ1) is 15.8. The lowest BCUT2D eigenvalue weighted by Crippen LogP contribution is -2.55. The summed E-state index contributed by atoms with van der Waals surface area (Å²) >= 11 is 0. The minimum absolute atomic E-state index is 0.221. The van der Waals surface area contributed by atoms with Crippen LogP contribution in [0.3, 0.4) is 0 Å². The van der Waals surface area contributed by atoms with E-state index in [2.05, 4.69) is 133 Å². The van der Waals surface area contributed by atoms with E-state index in [-0.39, 0.29) is 6.71 Å². The van der Waals surface area contributed by atoms with Gasteiger partial charge in [0.15, 0.2) is 0 Å². The molecular weight excluding hydrogens is 395 g/mol. The first-order valence-electron chi connectivity index (χ1n) is 11.8. The average Bonchev–Trinajstić information content (AvgIpc) is 2.76. The van der Waals surface area contributed by atoms with E-state index in [1.54, 1.807) is 0 Å². The van der Waals surface area contributed by atoms with Crippen LogP contribution in [0.2, 0.25) is 0 Å². The Balaban J connectivity index is 1.82. The predicted octanol–water partition coefficient (Wildman–Crippen LogP) is 6.22. The summed E-state index contributed by atoms with van der Waals surface area (Å²) in [6.45, 7) is 13.6. The van der Waals surface area contributed by atoms with Gasteiger partial charge in [0.1, 0.15) is 0 Å². The molecule has 4 aromatic carbocycles. The highest BCUT2D eigenvalue weighted by molar-refractivity contribution is 6.96. The fourth-order valence-corrected chi connectivity index (χ4v) is 5.33. The highest BCUT2D eigenvalue weighted by Crippen LogP contribution is 2.14. The van der Waals surface area contributed by atoms with Crippen molar-refractivity contribution in [1.82, 2.24) is 0 Å². The van der Waals surface area contributed by atoms with Crippen LogP contribution < -0.4 is 16.4 Å². The van der Waals surface area contributed by atoms with E-state index in [4.69, 9.17) is 0 Å². The molecular formula is C32H33B. The molecule has 0 heterocycles. The summed E-state index contributed by atoms with van der Waals surface area (Å²) < 4.78 is 0. The molecule has 0 saturated carbocycles. The van der Waals surface area contributed by atoms with Gasteiger partial charge in [0.25, 0.3) is 0 Å². The van der Waals surface area contributed by atoms with Crippen LogP contribution in [0, 0.1) is 41.5 Å². The van der Waals surface area contributed by atoms with Crippen LogP contribution in [0.15, 0.2) is 78.9 Å². The van der Waals surface area contributed by atoms with Gasteiger partial charge in [-0.15, -0.1) is 0 Å². The van der Waals surface area contributed by atoms with Crippen molar-refractivity contribution in [2.24, 2.45) is 0 Å². The monoisotopic (exact) mass is 428 g/mol. The van der Waals surface area contributed by atoms with Crippen LogP contribution in [0.4, 0.5) is 0 Å². The van der Waals surface area contributed by atoms with E-state index in [1.807, 2.05) is 0 Å². The maximum Gasteiger partial charge on any atom is 0.242 e. The van der Waals surface area contributed by atoms with E-state index in [0.717, 1.165) is 0 Å². The maximum atomic E-state index is 2.32. The minimum atomic E-state index is 0.221. The zero-order chi connectivity index (χ0) is 23.5. The van der Waals surface area contributed by atoms with Crippen molar-refractivity contribution in [1.29, 1.82) is 0 Å². The van der Waals surface area contributed by atoms with Gasteiger partial charge in [-0.2, -0.15) is 0 Å². The summed E-state index contributed by atoms with van der Waals surface area (Å²) in [6, 6.07) is 28.9. The molecule has 164 valence electrons. The summed E-state index contributed by atoms with van der Waals surface area (Å²) in [4.78, 5) is 0. The Morgan fingerprint density at radius 3 is 1.30 bits per heavy atom. The van der Waals surface area contributed by atoms with Gasteiger partial charge in [-0.3, -0.25) is 0 Å². The molecule has 0 saturated heterocycles. The summed E-state index contributed by atoms with van der Waals surface area (Å²) in [7, 11) is 0. The fraction of sp³-hybridized carbons (Fsp3) is 0.188. The van der Waals surface area contributed by atoms with Gasteiger partial charge in [-0.1, -0.05) is 141 Å². The first-order valence-corrected chi connectivity index (χ1v) is 11.8. The Kier molecular flexibility index (Phi) is 6.70. The number of rotatable bonds is 5. The topological polar surface area (TPSA) is 0 Å². The van der Waals surface area contributed by atoms with Crippen molar-refractivity contribution in [2.75, 3.05) is 0 Å². The molecule has 0 N–H and O–H groups in total. The van der Waals surface area contributed by atoms with Crippen LogP contribution in [0.25, 0.3) is 12.2 Å². The van der Waals surface area contributed by atoms with Gasteiger partial charge >= 0.3 is 0 Å². The molecule has 0 aliphatic carbocycles. The highest BCUT2D eigenvalue weighted by Gasteiger charge is 2.28. The lowest BCUT2D eigenvalue weighted by molar-refractivity contribution is 1.34. The van der Waals surface area contributed by atoms with Crippen molar-refractivity contribution in [3.8, 4) is 0 Å². The molecule has 0 aromatic heterocycles. The smallest absolute Gasteiger partial charge is 0.0686 e. The first kappa shape index (κ1) is 22.9. The number of hydrogen-bond donors (Lipinski definition) is 0. The van der Waals surface area contributed by atoms with Crippen LogP contribution in [-0.2, 0) is 0 Å². The summed E-state index contributed by atoms with van der Waals surface area (Å²) in [5.74, 6) is 0. The van der Waals surface area contributed by atoms with Crippen LogP contribution in [0.5, 0.6) is 0 Å². The molecule has 0 atom stereocenters. The molecule has 0 aliphatic heterocycles. The Bertz CT molecular complexity index is 1190. The maximum absolute atomic E-state index is 2.32. The lowest BCUT2D eigenvalue weighted by atomic mass is 9.34. The van der Waals surface area contributed by atoms with E-state index in [1.165, 1.54) is 60.9 Å². The van der Waals surface area contributed by atoms with E-state index in [9.17, 15) is 0 Å².